The van der Waals surface area contributed by atoms with Gasteiger partial charge in [-0.2, -0.15) is 0 Å². The molecule has 1 aliphatic rings. The first kappa shape index (κ1) is 9.05. The molecule has 0 spiro atoms. The topological polar surface area (TPSA) is 3.24 Å². The third-order valence-electron chi connectivity index (χ3n) is 3.05. The van der Waals surface area contributed by atoms with Gasteiger partial charge in [0.05, 0.1) is 0 Å². The quantitative estimate of drug-likeness (QED) is 0.592. The molecule has 1 fully saturated rings. The first-order valence-electron chi connectivity index (χ1n) is 4.97. The van der Waals surface area contributed by atoms with Crippen molar-refractivity contribution in [1.82, 2.24) is 4.90 Å². The lowest BCUT2D eigenvalue weighted by Gasteiger charge is -2.37. The second-order valence-corrected chi connectivity index (χ2v) is 3.89. The van der Waals surface area contributed by atoms with Gasteiger partial charge in [0.1, 0.15) is 0 Å². The second-order valence-electron chi connectivity index (χ2n) is 3.89. The summed E-state index contributed by atoms with van der Waals surface area (Å²) in [6, 6.07) is 1.70. The van der Waals surface area contributed by atoms with Crippen molar-refractivity contribution in [3.05, 3.63) is 0 Å². The summed E-state index contributed by atoms with van der Waals surface area (Å²) in [6.07, 6.45) is 6.99. The van der Waals surface area contributed by atoms with E-state index < -0.39 is 0 Å². The first-order chi connectivity index (χ1) is 5.25. The SMILES string of the molecule is CCCC1CCC[C@H](C)N1C. The Balaban J connectivity index is 2.38. The van der Waals surface area contributed by atoms with Gasteiger partial charge in [-0.25, -0.2) is 0 Å². The minimum Gasteiger partial charge on any atom is -0.301 e. The largest absolute Gasteiger partial charge is 0.301 e. The minimum absolute atomic E-state index is 0.820. The summed E-state index contributed by atoms with van der Waals surface area (Å²) in [6.45, 7) is 4.63. The Kier molecular flexibility index (Phi) is 3.38. The molecule has 0 aromatic carbocycles. The lowest BCUT2D eigenvalue weighted by Crippen LogP contribution is -2.42. The van der Waals surface area contributed by atoms with Gasteiger partial charge in [0.25, 0.3) is 0 Å². The highest BCUT2D eigenvalue weighted by molar-refractivity contribution is 4.78. The lowest BCUT2D eigenvalue weighted by atomic mass is 9.94. The fourth-order valence-electron chi connectivity index (χ4n) is 2.10. The van der Waals surface area contributed by atoms with Gasteiger partial charge >= 0.3 is 0 Å². The van der Waals surface area contributed by atoms with Crippen molar-refractivity contribution in [1.29, 1.82) is 0 Å². The predicted octanol–water partition coefficient (Wildman–Crippen LogP) is 2.66. The van der Waals surface area contributed by atoms with Gasteiger partial charge < -0.3 is 4.90 Å². The van der Waals surface area contributed by atoms with Gasteiger partial charge in [-0.3, -0.25) is 0 Å². The smallest absolute Gasteiger partial charge is 0.00949 e. The van der Waals surface area contributed by atoms with Gasteiger partial charge in [0, 0.05) is 12.1 Å². The zero-order chi connectivity index (χ0) is 8.27. The average molecular weight is 155 g/mol. The van der Waals surface area contributed by atoms with Crippen LogP contribution in [0.15, 0.2) is 0 Å². The van der Waals surface area contributed by atoms with E-state index in [2.05, 4.69) is 25.8 Å². The van der Waals surface area contributed by atoms with Crippen molar-refractivity contribution in [3.8, 4) is 0 Å². The van der Waals surface area contributed by atoms with Crippen LogP contribution in [0.3, 0.4) is 0 Å². The predicted molar refractivity (Wildman–Crippen MR) is 49.8 cm³/mol. The molecule has 0 aromatic rings. The Labute approximate surface area is 70.8 Å². The summed E-state index contributed by atoms with van der Waals surface area (Å²) < 4.78 is 0. The van der Waals surface area contributed by atoms with E-state index >= 15 is 0 Å². The van der Waals surface area contributed by atoms with Crippen LogP contribution >= 0.6 is 0 Å². The van der Waals surface area contributed by atoms with Crippen LogP contribution in [0.1, 0.15) is 46.0 Å². The van der Waals surface area contributed by atoms with Crippen LogP contribution in [0.4, 0.5) is 0 Å². The van der Waals surface area contributed by atoms with E-state index in [1.165, 1.54) is 32.1 Å². The molecule has 0 aliphatic carbocycles. The highest BCUT2D eigenvalue weighted by Gasteiger charge is 2.22. The monoisotopic (exact) mass is 155 g/mol. The van der Waals surface area contributed by atoms with Crippen molar-refractivity contribution >= 4 is 0 Å². The van der Waals surface area contributed by atoms with E-state index in [9.17, 15) is 0 Å². The van der Waals surface area contributed by atoms with Gasteiger partial charge in [0.15, 0.2) is 0 Å². The second kappa shape index (κ2) is 4.10. The van der Waals surface area contributed by atoms with Crippen LogP contribution in [-0.2, 0) is 0 Å². The number of hydrogen-bond acceptors (Lipinski definition) is 1. The number of nitrogens with zero attached hydrogens (tertiary/aromatic N) is 1. The Morgan fingerprint density at radius 2 is 2.09 bits per heavy atom. The Bertz CT molecular complexity index is 109. The molecule has 1 saturated heterocycles. The van der Waals surface area contributed by atoms with Crippen LogP contribution in [0.25, 0.3) is 0 Å². The van der Waals surface area contributed by atoms with E-state index in [4.69, 9.17) is 0 Å². The maximum Gasteiger partial charge on any atom is 0.00949 e. The van der Waals surface area contributed by atoms with Crippen LogP contribution in [-0.4, -0.2) is 24.0 Å². The molecule has 1 unspecified atom stereocenters. The molecule has 0 radical (unpaired) electrons. The standard InChI is InChI=1S/C10H21N/c1-4-6-10-8-5-7-9(2)11(10)3/h9-10H,4-8H2,1-3H3/t9-,10?/m0/s1. The highest BCUT2D eigenvalue weighted by Crippen LogP contribution is 2.23. The number of piperidine rings is 1. The van der Waals surface area contributed by atoms with Crippen LogP contribution in [0, 0.1) is 0 Å². The van der Waals surface area contributed by atoms with Crippen molar-refractivity contribution in [3.63, 3.8) is 0 Å². The highest BCUT2D eigenvalue weighted by atomic mass is 15.2. The van der Waals surface area contributed by atoms with E-state index in [1.54, 1.807) is 0 Å². The lowest BCUT2D eigenvalue weighted by molar-refractivity contribution is 0.118. The number of hydrogen-bond donors (Lipinski definition) is 0. The molecule has 1 heteroatoms. The molecule has 1 nitrogen and oxygen atoms in total. The zero-order valence-electron chi connectivity index (χ0n) is 8.14. The molecule has 0 aromatic heterocycles. The van der Waals surface area contributed by atoms with Gasteiger partial charge in [-0.1, -0.05) is 19.8 Å². The number of likely N-dealkylation sites (tertiary alicyclic amines) is 1. The third kappa shape index (κ3) is 2.19. The molecule has 0 amide bonds. The fourth-order valence-corrected chi connectivity index (χ4v) is 2.10. The molecule has 0 N–H and O–H groups in total. The van der Waals surface area contributed by atoms with Crippen molar-refractivity contribution < 1.29 is 0 Å². The summed E-state index contributed by atoms with van der Waals surface area (Å²) in [5, 5.41) is 0. The van der Waals surface area contributed by atoms with Gasteiger partial charge in [-0.05, 0) is 33.2 Å². The Hall–Kier alpha value is -0.0400. The van der Waals surface area contributed by atoms with E-state index in [1.807, 2.05) is 0 Å². The molecule has 66 valence electrons. The molecule has 1 aliphatic heterocycles. The van der Waals surface area contributed by atoms with E-state index in [0.717, 1.165) is 12.1 Å². The molecule has 0 saturated carbocycles. The van der Waals surface area contributed by atoms with E-state index in [0.29, 0.717) is 0 Å². The van der Waals surface area contributed by atoms with Crippen molar-refractivity contribution in [2.45, 2.75) is 58.0 Å². The maximum atomic E-state index is 2.56. The Morgan fingerprint density at radius 1 is 1.36 bits per heavy atom. The molecule has 1 heterocycles. The molecule has 0 bridgehead atoms. The summed E-state index contributed by atoms with van der Waals surface area (Å²) in [5.74, 6) is 0. The Morgan fingerprint density at radius 3 is 2.73 bits per heavy atom. The zero-order valence-corrected chi connectivity index (χ0v) is 8.14. The fraction of sp³-hybridized carbons (Fsp3) is 1.00. The average Bonchev–Trinajstić information content (AvgIpc) is 1.99. The molecule has 2 atom stereocenters. The minimum atomic E-state index is 0.820. The molecular weight excluding hydrogens is 134 g/mol. The summed E-state index contributed by atoms with van der Waals surface area (Å²) in [4.78, 5) is 2.56. The first-order valence-corrected chi connectivity index (χ1v) is 4.97. The summed E-state index contributed by atoms with van der Waals surface area (Å²) >= 11 is 0. The maximum absolute atomic E-state index is 2.56. The normalized spacial score (nSPS) is 34.1. The molecular formula is C10H21N. The van der Waals surface area contributed by atoms with Gasteiger partial charge in [-0.15, -0.1) is 0 Å². The van der Waals surface area contributed by atoms with E-state index in [-0.39, 0.29) is 0 Å². The van der Waals surface area contributed by atoms with Crippen LogP contribution < -0.4 is 0 Å². The third-order valence-corrected chi connectivity index (χ3v) is 3.05. The number of rotatable bonds is 2. The van der Waals surface area contributed by atoms with Crippen molar-refractivity contribution in [2.75, 3.05) is 7.05 Å². The van der Waals surface area contributed by atoms with Gasteiger partial charge in [0.2, 0.25) is 0 Å². The van der Waals surface area contributed by atoms with Crippen molar-refractivity contribution in [2.24, 2.45) is 0 Å². The summed E-state index contributed by atoms with van der Waals surface area (Å²) in [7, 11) is 2.28. The molecule has 11 heavy (non-hydrogen) atoms. The van der Waals surface area contributed by atoms with Crippen LogP contribution in [0.2, 0.25) is 0 Å². The summed E-state index contributed by atoms with van der Waals surface area (Å²) in [5.41, 5.74) is 0. The van der Waals surface area contributed by atoms with Crippen LogP contribution in [0.5, 0.6) is 0 Å². The molecule has 1 rings (SSSR count).